The topological polar surface area (TPSA) is 49.8 Å². The number of alkyl halides is 3. The molecule has 0 amide bonds. The summed E-state index contributed by atoms with van der Waals surface area (Å²) in [5.74, 6) is -0.343. The fourth-order valence-electron chi connectivity index (χ4n) is 4.45. The van der Waals surface area contributed by atoms with Crippen molar-refractivity contribution in [3.63, 3.8) is 0 Å². The number of rotatable bonds is 11. The summed E-state index contributed by atoms with van der Waals surface area (Å²) in [4.78, 5) is 13.0. The lowest BCUT2D eigenvalue weighted by molar-refractivity contribution is -0.138. The van der Waals surface area contributed by atoms with Crippen molar-refractivity contribution in [2.24, 2.45) is 0 Å². The molecule has 0 saturated carbocycles. The van der Waals surface area contributed by atoms with Gasteiger partial charge in [0.2, 0.25) is 0 Å². The van der Waals surface area contributed by atoms with E-state index >= 15 is 0 Å². The Bertz CT molecular complexity index is 1400. The largest absolute Gasteiger partial charge is 0.494 e. The molecule has 1 N–H and O–H groups in total. The number of nitrogens with zero attached hydrogens (tertiary/aromatic N) is 1. The fraction of sp³-hybridized carbons (Fsp3) is 0.233. The molecule has 8 heteroatoms. The maximum absolute atomic E-state index is 13.4. The minimum Gasteiger partial charge on any atom is -0.494 e. The van der Waals surface area contributed by atoms with Crippen LogP contribution in [-0.4, -0.2) is 29.1 Å². The standard InChI is InChI=1S/C30H27ClF3NO3/c31-29-24(11-5-14-27(29)30(32,33)34)20-35(19-23-10-4-9-22-8-1-2-13-26(22)23)15-6-16-38-25-12-3-7-21(17-25)18-28(36)37/h1-5,7-14,17H,6,15-16,18-20H2,(H,36,37). The minimum absolute atomic E-state index is 0.0895. The molecule has 0 bridgehead atoms. The number of hydrogen-bond acceptors (Lipinski definition) is 3. The maximum atomic E-state index is 13.4. The molecule has 38 heavy (non-hydrogen) atoms. The molecular formula is C30H27ClF3NO3. The van der Waals surface area contributed by atoms with Crippen LogP contribution < -0.4 is 4.74 Å². The highest BCUT2D eigenvalue weighted by molar-refractivity contribution is 6.32. The van der Waals surface area contributed by atoms with Gasteiger partial charge in [0.15, 0.2) is 0 Å². The van der Waals surface area contributed by atoms with Crippen molar-refractivity contribution < 1.29 is 27.8 Å². The summed E-state index contributed by atoms with van der Waals surface area (Å²) in [5, 5.41) is 10.9. The van der Waals surface area contributed by atoms with E-state index in [4.69, 9.17) is 21.4 Å². The average molecular weight is 542 g/mol. The summed E-state index contributed by atoms with van der Waals surface area (Å²) in [6.45, 7) is 1.66. The van der Waals surface area contributed by atoms with E-state index in [2.05, 4.69) is 4.90 Å². The Kier molecular flexibility index (Phi) is 8.92. The van der Waals surface area contributed by atoms with Gasteiger partial charge in [0.25, 0.3) is 0 Å². The van der Waals surface area contributed by atoms with Crippen LogP contribution in [0.3, 0.4) is 0 Å². The first kappa shape index (κ1) is 27.5. The van der Waals surface area contributed by atoms with E-state index in [1.807, 2.05) is 42.5 Å². The van der Waals surface area contributed by atoms with Crippen LogP contribution in [0.25, 0.3) is 10.8 Å². The van der Waals surface area contributed by atoms with Crippen molar-refractivity contribution in [1.82, 2.24) is 4.90 Å². The third-order valence-corrected chi connectivity index (χ3v) is 6.64. The van der Waals surface area contributed by atoms with Gasteiger partial charge in [-0.3, -0.25) is 9.69 Å². The summed E-state index contributed by atoms with van der Waals surface area (Å²) in [5.41, 5.74) is 1.27. The number of ether oxygens (including phenoxy) is 1. The highest BCUT2D eigenvalue weighted by Gasteiger charge is 2.34. The van der Waals surface area contributed by atoms with Gasteiger partial charge in [-0.2, -0.15) is 13.2 Å². The highest BCUT2D eigenvalue weighted by atomic mass is 35.5. The monoisotopic (exact) mass is 541 g/mol. The molecular weight excluding hydrogens is 515 g/mol. The van der Waals surface area contributed by atoms with Crippen LogP contribution in [0, 0.1) is 0 Å². The average Bonchev–Trinajstić information content (AvgIpc) is 2.87. The number of carboxylic acids is 1. The highest BCUT2D eigenvalue weighted by Crippen LogP contribution is 2.36. The molecule has 0 aliphatic rings. The van der Waals surface area contributed by atoms with Crippen LogP contribution in [0.5, 0.6) is 5.75 Å². The SMILES string of the molecule is O=C(O)Cc1cccc(OCCCN(Cc2cccc(C(F)(F)F)c2Cl)Cc2cccc3ccccc23)c1. The smallest absolute Gasteiger partial charge is 0.417 e. The Balaban J connectivity index is 1.50. The second-order valence-electron chi connectivity index (χ2n) is 9.05. The number of halogens is 4. The summed E-state index contributed by atoms with van der Waals surface area (Å²) < 4.78 is 46.2. The van der Waals surface area contributed by atoms with Crippen LogP contribution >= 0.6 is 11.6 Å². The van der Waals surface area contributed by atoms with Gasteiger partial charge < -0.3 is 9.84 Å². The van der Waals surface area contributed by atoms with Gasteiger partial charge >= 0.3 is 12.1 Å². The van der Waals surface area contributed by atoms with Crippen LogP contribution in [0.2, 0.25) is 5.02 Å². The molecule has 0 radical (unpaired) electrons. The van der Waals surface area contributed by atoms with Gasteiger partial charge in [-0.25, -0.2) is 0 Å². The van der Waals surface area contributed by atoms with Gasteiger partial charge in [0, 0.05) is 19.6 Å². The molecule has 4 aromatic rings. The number of benzene rings is 4. The lowest BCUT2D eigenvalue weighted by Crippen LogP contribution is -2.26. The first-order chi connectivity index (χ1) is 18.2. The minimum atomic E-state index is -4.53. The van der Waals surface area contributed by atoms with Crippen molar-refractivity contribution >= 4 is 28.3 Å². The number of fused-ring (bicyclic) bond motifs is 1. The number of carboxylic acid groups (broad SMARTS) is 1. The summed E-state index contributed by atoms with van der Waals surface area (Å²) >= 11 is 6.21. The molecule has 4 rings (SSSR count). The van der Waals surface area contributed by atoms with Crippen molar-refractivity contribution in [2.45, 2.75) is 32.1 Å². The van der Waals surface area contributed by atoms with Crippen molar-refractivity contribution in [2.75, 3.05) is 13.2 Å². The van der Waals surface area contributed by atoms with Crippen molar-refractivity contribution in [3.05, 3.63) is 112 Å². The van der Waals surface area contributed by atoms with Gasteiger partial charge in [0.05, 0.1) is 23.6 Å². The molecule has 0 spiro atoms. The zero-order valence-electron chi connectivity index (χ0n) is 20.5. The van der Waals surface area contributed by atoms with Gasteiger partial charge in [0.1, 0.15) is 5.75 Å². The third kappa shape index (κ3) is 7.27. The lowest BCUT2D eigenvalue weighted by Gasteiger charge is -2.25. The van der Waals surface area contributed by atoms with Crippen molar-refractivity contribution in [1.29, 1.82) is 0 Å². The Hall–Kier alpha value is -3.55. The quantitative estimate of drug-likeness (QED) is 0.199. The van der Waals surface area contributed by atoms with E-state index in [0.717, 1.165) is 22.4 Å². The van der Waals surface area contributed by atoms with E-state index in [9.17, 15) is 18.0 Å². The molecule has 4 aromatic carbocycles. The summed E-state index contributed by atoms with van der Waals surface area (Å²) in [6, 6.07) is 25.0. The Morgan fingerprint density at radius 3 is 2.37 bits per heavy atom. The van der Waals surface area contributed by atoms with E-state index in [1.165, 1.54) is 6.07 Å². The molecule has 0 heterocycles. The number of aliphatic carboxylic acids is 1. The Morgan fingerprint density at radius 1 is 0.895 bits per heavy atom. The van der Waals surface area contributed by atoms with Crippen LogP contribution in [-0.2, 0) is 30.5 Å². The van der Waals surface area contributed by atoms with Gasteiger partial charge in [-0.1, -0.05) is 78.3 Å². The molecule has 0 aliphatic carbocycles. The first-order valence-corrected chi connectivity index (χ1v) is 12.6. The molecule has 0 fully saturated rings. The van der Waals surface area contributed by atoms with Gasteiger partial charge in [-0.15, -0.1) is 0 Å². The molecule has 198 valence electrons. The lowest BCUT2D eigenvalue weighted by atomic mass is 10.0. The first-order valence-electron chi connectivity index (χ1n) is 12.2. The van der Waals surface area contributed by atoms with E-state index in [-0.39, 0.29) is 18.0 Å². The molecule has 0 unspecified atom stereocenters. The summed E-state index contributed by atoms with van der Waals surface area (Å²) in [6.07, 6.45) is -4.02. The second kappa shape index (κ2) is 12.3. The normalized spacial score (nSPS) is 11.7. The molecule has 0 aromatic heterocycles. The van der Waals surface area contributed by atoms with Crippen LogP contribution in [0.15, 0.2) is 84.9 Å². The van der Waals surface area contributed by atoms with Gasteiger partial charge in [-0.05, 0) is 52.1 Å². The number of carbonyl (C=O) groups is 1. The third-order valence-electron chi connectivity index (χ3n) is 6.19. The zero-order chi connectivity index (χ0) is 27.1. The Labute approximate surface area is 224 Å². The molecule has 0 saturated heterocycles. The van der Waals surface area contributed by atoms with E-state index < -0.39 is 17.7 Å². The molecule has 0 atom stereocenters. The summed E-state index contributed by atoms with van der Waals surface area (Å²) in [7, 11) is 0. The maximum Gasteiger partial charge on any atom is 0.417 e. The fourth-order valence-corrected chi connectivity index (χ4v) is 4.74. The number of hydrogen-bond donors (Lipinski definition) is 1. The predicted molar refractivity (Wildman–Crippen MR) is 142 cm³/mol. The Morgan fingerprint density at radius 2 is 1.58 bits per heavy atom. The van der Waals surface area contributed by atoms with Crippen LogP contribution in [0.4, 0.5) is 13.2 Å². The van der Waals surface area contributed by atoms with Crippen LogP contribution in [0.1, 0.15) is 28.7 Å². The molecule has 0 aliphatic heterocycles. The van der Waals surface area contributed by atoms with Crippen molar-refractivity contribution in [3.8, 4) is 5.75 Å². The predicted octanol–water partition coefficient (Wildman–Crippen LogP) is 7.61. The second-order valence-corrected chi connectivity index (χ2v) is 9.42. The molecule has 4 nitrogen and oxygen atoms in total. The van der Waals surface area contributed by atoms with E-state index in [1.54, 1.807) is 30.3 Å². The van der Waals surface area contributed by atoms with E-state index in [0.29, 0.717) is 43.0 Å². The zero-order valence-corrected chi connectivity index (χ0v) is 21.3.